The van der Waals surface area contributed by atoms with Crippen LogP contribution in [0, 0.1) is 0 Å². The number of hydrogen-bond acceptors (Lipinski definition) is 11. The van der Waals surface area contributed by atoms with Crippen LogP contribution >= 0.6 is 0 Å². The van der Waals surface area contributed by atoms with Crippen LogP contribution in [0.5, 0.6) is 11.5 Å². The van der Waals surface area contributed by atoms with Crippen LogP contribution in [0.2, 0.25) is 0 Å². The topological polar surface area (TPSA) is 186 Å². The monoisotopic (exact) mass is 829 g/mol. The molecule has 3 heterocycles. The Balaban J connectivity index is 1.07. The summed E-state index contributed by atoms with van der Waals surface area (Å²) >= 11 is 0. The number of carbonyl (C=O) groups excluding carboxylic acids is 4. The lowest BCUT2D eigenvalue weighted by atomic mass is 10.1. The van der Waals surface area contributed by atoms with E-state index in [1.54, 1.807) is 42.3 Å². The van der Waals surface area contributed by atoms with Crippen molar-refractivity contribution < 1.29 is 38.1 Å². The van der Waals surface area contributed by atoms with Gasteiger partial charge in [-0.15, -0.1) is 0 Å². The molecular weight excluding hydrogens is 779 g/mol. The van der Waals surface area contributed by atoms with E-state index in [1.807, 2.05) is 53.4 Å². The van der Waals surface area contributed by atoms with Crippen LogP contribution in [0.15, 0.2) is 96.5 Å². The summed E-state index contributed by atoms with van der Waals surface area (Å²) in [6, 6.07) is 22.6. The van der Waals surface area contributed by atoms with Crippen molar-refractivity contribution in [1.29, 1.82) is 0 Å². The average Bonchev–Trinajstić information content (AvgIpc) is 3.79. The number of fused-ring (bicyclic) bond motifs is 5. The van der Waals surface area contributed by atoms with Crippen molar-refractivity contribution >= 4 is 52.6 Å². The molecule has 7 rings (SSSR count). The molecule has 0 saturated carbocycles. The molecule has 15 nitrogen and oxygen atoms in total. The second-order valence-electron chi connectivity index (χ2n) is 15.2. The Hall–Kier alpha value is -6.55. The maximum Gasteiger partial charge on any atom is 0.260 e. The number of para-hydroxylation sites is 2. The molecule has 4 amide bonds. The van der Waals surface area contributed by atoms with Crippen LogP contribution in [0.25, 0.3) is 0 Å². The summed E-state index contributed by atoms with van der Waals surface area (Å²) < 4.78 is 23.8. The van der Waals surface area contributed by atoms with Crippen LogP contribution in [0.4, 0.5) is 22.7 Å². The molecule has 5 atom stereocenters. The quantitative estimate of drug-likeness (QED) is 0.0907. The molecule has 3 aliphatic rings. The number of nitrogens with zero attached hydrogens (tertiary/aromatic N) is 3. The Morgan fingerprint density at radius 1 is 0.934 bits per heavy atom. The molecule has 0 aromatic heterocycles. The summed E-state index contributed by atoms with van der Waals surface area (Å²) in [5, 5.41) is 8.96. The van der Waals surface area contributed by atoms with Gasteiger partial charge in [-0.3, -0.25) is 29.1 Å². The highest BCUT2D eigenvalue weighted by atomic mass is 16.5. The third-order valence-electron chi connectivity index (χ3n) is 10.9. The first-order valence-electron chi connectivity index (χ1n) is 20.1. The highest BCUT2D eigenvalue weighted by molar-refractivity contribution is 6.12. The maximum absolute atomic E-state index is 14.0. The fourth-order valence-electron chi connectivity index (χ4n) is 7.79. The number of carbonyl (C=O) groups is 4. The molecule has 0 radical (unpaired) electrons. The van der Waals surface area contributed by atoms with E-state index in [9.17, 15) is 19.2 Å². The van der Waals surface area contributed by atoms with Crippen molar-refractivity contribution in [2.45, 2.75) is 70.3 Å². The molecule has 4 aromatic rings. The van der Waals surface area contributed by atoms with Crippen LogP contribution < -0.4 is 41.0 Å². The Kier molecular flexibility index (Phi) is 13.1. The van der Waals surface area contributed by atoms with E-state index < -0.39 is 30.1 Å². The minimum atomic E-state index is -0.868. The number of benzene rings is 4. The predicted octanol–water partition coefficient (Wildman–Crippen LogP) is 4.77. The van der Waals surface area contributed by atoms with Crippen molar-refractivity contribution in [3.63, 3.8) is 0 Å². The first-order chi connectivity index (χ1) is 29.5. The molecule has 5 N–H and O–H groups in total. The van der Waals surface area contributed by atoms with E-state index in [-0.39, 0.29) is 43.7 Å². The van der Waals surface area contributed by atoms with Gasteiger partial charge in [0, 0.05) is 49.4 Å². The van der Waals surface area contributed by atoms with E-state index in [0.717, 1.165) is 28.9 Å². The zero-order chi connectivity index (χ0) is 43.2. The number of aliphatic imine (C=N–C) groups is 1. The number of nitrogens with one attached hydrogen (secondary N) is 3. The second-order valence-corrected chi connectivity index (χ2v) is 15.2. The Bertz CT molecular complexity index is 2350. The minimum Gasteiger partial charge on any atom is -0.493 e. The SMILES string of the molecule is C=CC(=O)N1c2ccccc2C[C@H]1C=NC(COCc1cc(COc2cc3c(cc2OC)C(=O)N2c4ccccc4C[C@H]2CN3)cc(NC(=O)[C@H](C)NC(=O)[C@H](C)N)c1)OC. The van der Waals surface area contributed by atoms with E-state index in [4.69, 9.17) is 24.7 Å². The van der Waals surface area contributed by atoms with E-state index in [2.05, 4.69) is 33.6 Å². The molecule has 0 spiro atoms. The summed E-state index contributed by atoms with van der Waals surface area (Å²) in [7, 11) is 3.05. The molecule has 0 bridgehead atoms. The molecule has 318 valence electrons. The van der Waals surface area contributed by atoms with Gasteiger partial charge in [-0.1, -0.05) is 43.0 Å². The van der Waals surface area contributed by atoms with E-state index in [1.165, 1.54) is 27.2 Å². The summed E-state index contributed by atoms with van der Waals surface area (Å²) in [5.74, 6) is -0.434. The number of methoxy groups -OCH3 is 2. The van der Waals surface area contributed by atoms with Gasteiger partial charge in [-0.05, 0) is 85.0 Å². The Morgan fingerprint density at radius 2 is 1.64 bits per heavy atom. The van der Waals surface area contributed by atoms with Gasteiger partial charge in [0.1, 0.15) is 12.6 Å². The molecule has 0 saturated heterocycles. The van der Waals surface area contributed by atoms with Crippen LogP contribution in [-0.4, -0.2) is 87.6 Å². The number of nitrogens with two attached hydrogens (primary N) is 1. The maximum atomic E-state index is 14.0. The smallest absolute Gasteiger partial charge is 0.260 e. The van der Waals surface area contributed by atoms with Crippen molar-refractivity contribution in [3.05, 3.63) is 119 Å². The fourth-order valence-corrected chi connectivity index (χ4v) is 7.79. The highest BCUT2D eigenvalue weighted by Crippen LogP contribution is 2.41. The molecule has 1 unspecified atom stereocenters. The van der Waals surface area contributed by atoms with Crippen molar-refractivity contribution in [3.8, 4) is 11.5 Å². The molecular formula is C46H51N7O8. The standard InChI is InChI=1S/C46H51N7O8/c1-6-43(54)52-34(18-31-11-7-9-13-38(31)52)23-49-42(59-5)26-60-24-29-15-30(17-33(16-29)51-45(56)28(3)50-44(55)27(2)47)25-61-41-21-37-36(20-40(41)58-4)46(57)53-35(22-48-37)19-32-12-8-10-14-39(32)53/h6-17,20-21,23,27-28,34-35,42,48H,1,18-19,22,24-26,47H2,2-5H3,(H,50,55)(H,51,56)/t27-,28-,34-,35-,42?/m0/s1. The van der Waals surface area contributed by atoms with E-state index in [0.29, 0.717) is 52.5 Å². The number of amides is 4. The van der Waals surface area contributed by atoms with Gasteiger partial charge >= 0.3 is 0 Å². The number of rotatable bonds is 16. The summed E-state index contributed by atoms with van der Waals surface area (Å²) in [5.41, 5.74) is 12.6. The molecule has 0 aliphatic carbocycles. The van der Waals surface area contributed by atoms with Gasteiger partial charge in [0.15, 0.2) is 17.7 Å². The highest BCUT2D eigenvalue weighted by Gasteiger charge is 2.38. The lowest BCUT2D eigenvalue weighted by molar-refractivity contribution is -0.126. The van der Waals surface area contributed by atoms with Gasteiger partial charge in [-0.25, -0.2) is 0 Å². The fraction of sp³-hybridized carbons (Fsp3) is 0.326. The lowest BCUT2D eigenvalue weighted by Gasteiger charge is -2.22. The van der Waals surface area contributed by atoms with Crippen LogP contribution in [0.3, 0.4) is 0 Å². The first-order valence-corrected chi connectivity index (χ1v) is 20.1. The van der Waals surface area contributed by atoms with Crippen molar-refractivity contribution in [2.75, 3.05) is 47.8 Å². The minimum absolute atomic E-state index is 0.0319. The predicted molar refractivity (Wildman–Crippen MR) is 233 cm³/mol. The Morgan fingerprint density at radius 3 is 2.34 bits per heavy atom. The summed E-state index contributed by atoms with van der Waals surface area (Å²) in [4.78, 5) is 60.3. The number of ether oxygens (including phenoxy) is 4. The largest absolute Gasteiger partial charge is 0.493 e. The lowest BCUT2D eigenvalue weighted by Crippen LogP contribution is -2.47. The molecule has 15 heteroatoms. The molecule has 4 aromatic carbocycles. The molecule has 61 heavy (non-hydrogen) atoms. The average molecular weight is 830 g/mol. The third kappa shape index (κ3) is 9.44. The van der Waals surface area contributed by atoms with Gasteiger partial charge in [0.2, 0.25) is 11.8 Å². The van der Waals surface area contributed by atoms with Crippen LogP contribution in [0.1, 0.15) is 46.5 Å². The van der Waals surface area contributed by atoms with Crippen molar-refractivity contribution in [2.24, 2.45) is 10.7 Å². The Labute approximate surface area is 354 Å². The zero-order valence-electron chi connectivity index (χ0n) is 34.7. The number of anilines is 4. The zero-order valence-corrected chi connectivity index (χ0v) is 34.7. The van der Waals surface area contributed by atoms with Gasteiger partial charge in [0.05, 0.1) is 49.7 Å². The number of hydrogen-bond donors (Lipinski definition) is 4. The van der Waals surface area contributed by atoms with Crippen LogP contribution in [-0.2, 0) is 49.9 Å². The summed E-state index contributed by atoms with van der Waals surface area (Å²) in [6.45, 7) is 7.61. The normalized spacial score (nSPS) is 17.8. The van der Waals surface area contributed by atoms with Gasteiger partial charge in [-0.2, -0.15) is 0 Å². The summed E-state index contributed by atoms with van der Waals surface area (Å²) in [6.07, 6.45) is 3.69. The van der Waals surface area contributed by atoms with Crippen molar-refractivity contribution in [1.82, 2.24) is 5.32 Å². The second kappa shape index (κ2) is 18.8. The van der Waals surface area contributed by atoms with E-state index >= 15 is 0 Å². The molecule has 0 fully saturated rings. The van der Waals surface area contributed by atoms with Gasteiger partial charge in [0.25, 0.3) is 11.8 Å². The van der Waals surface area contributed by atoms with Gasteiger partial charge < -0.3 is 45.5 Å². The molecule has 3 aliphatic heterocycles. The first kappa shape index (κ1) is 42.6. The third-order valence-corrected chi connectivity index (χ3v) is 10.9.